The normalized spacial score (nSPS) is 30.2. The van der Waals surface area contributed by atoms with Gasteiger partial charge in [-0.15, -0.1) is 0 Å². The minimum absolute atomic E-state index is 0.209. The molecule has 1 aliphatic carbocycles. The van der Waals surface area contributed by atoms with Gasteiger partial charge in [0.25, 0.3) is 0 Å². The molecule has 2 atom stereocenters. The van der Waals surface area contributed by atoms with E-state index in [1.807, 2.05) is 0 Å². The van der Waals surface area contributed by atoms with Gasteiger partial charge >= 0.3 is 0 Å². The van der Waals surface area contributed by atoms with E-state index in [2.05, 4.69) is 42.6 Å². The smallest absolute Gasteiger partial charge is 0.0812 e. The van der Waals surface area contributed by atoms with Gasteiger partial charge < -0.3 is 14.6 Å². The molecule has 3 nitrogen and oxygen atoms in total. The predicted octanol–water partition coefficient (Wildman–Crippen LogP) is 2.98. The van der Waals surface area contributed by atoms with Crippen LogP contribution in [0.4, 0.5) is 0 Å². The maximum atomic E-state index is 10.3. The second-order valence-electron chi connectivity index (χ2n) is 7.56. The Morgan fingerprint density at radius 3 is 2.90 bits per heavy atom. The molecule has 0 saturated carbocycles. The van der Waals surface area contributed by atoms with E-state index in [1.54, 1.807) is 0 Å². The number of aliphatic hydroxyl groups is 1. The average molecular weight is 276 g/mol. The molecular weight excluding hydrogens is 248 g/mol. The third-order valence-corrected chi connectivity index (χ3v) is 5.19. The van der Waals surface area contributed by atoms with Crippen molar-refractivity contribution in [2.45, 2.75) is 64.6 Å². The molecule has 3 rings (SSSR count). The lowest BCUT2D eigenvalue weighted by atomic mass is 9.75. The van der Waals surface area contributed by atoms with E-state index >= 15 is 0 Å². The largest absolute Gasteiger partial charge is 0.388 e. The number of fused-ring (bicyclic) bond motifs is 1. The monoisotopic (exact) mass is 276 g/mol. The third kappa shape index (κ3) is 2.66. The Balaban J connectivity index is 1.82. The van der Waals surface area contributed by atoms with Crippen molar-refractivity contribution < 1.29 is 5.11 Å². The molecule has 2 aliphatic rings. The SMILES string of the molecule is CN1CCCCC1Cn1ccc2c1CC(C)(C)CC2O. The molecule has 1 fully saturated rings. The van der Waals surface area contributed by atoms with Gasteiger partial charge in [-0.2, -0.15) is 0 Å². The van der Waals surface area contributed by atoms with Crippen LogP contribution in [0.1, 0.15) is 56.9 Å². The summed E-state index contributed by atoms with van der Waals surface area (Å²) >= 11 is 0. The number of piperidine rings is 1. The van der Waals surface area contributed by atoms with Crippen LogP contribution in [0.15, 0.2) is 12.3 Å². The maximum absolute atomic E-state index is 10.3. The Labute approximate surface area is 122 Å². The molecule has 1 aromatic rings. The lowest BCUT2D eigenvalue weighted by molar-refractivity contribution is 0.0966. The first kappa shape index (κ1) is 14.2. The molecule has 0 aromatic carbocycles. The molecule has 3 heteroatoms. The average Bonchev–Trinajstić information content (AvgIpc) is 2.74. The number of hydrogen-bond donors (Lipinski definition) is 1. The van der Waals surface area contributed by atoms with Crippen molar-refractivity contribution in [3.8, 4) is 0 Å². The van der Waals surface area contributed by atoms with Crippen LogP contribution in [-0.4, -0.2) is 34.2 Å². The fourth-order valence-corrected chi connectivity index (χ4v) is 3.96. The maximum Gasteiger partial charge on any atom is 0.0812 e. The zero-order chi connectivity index (χ0) is 14.3. The molecule has 20 heavy (non-hydrogen) atoms. The Morgan fingerprint density at radius 2 is 2.15 bits per heavy atom. The zero-order valence-electron chi connectivity index (χ0n) is 13.1. The van der Waals surface area contributed by atoms with Gasteiger partial charge in [0.1, 0.15) is 0 Å². The first-order valence-corrected chi connectivity index (χ1v) is 8.02. The van der Waals surface area contributed by atoms with Gasteiger partial charge in [0.15, 0.2) is 0 Å². The minimum atomic E-state index is -0.279. The van der Waals surface area contributed by atoms with Gasteiger partial charge in [-0.1, -0.05) is 20.3 Å². The van der Waals surface area contributed by atoms with Crippen LogP contribution in [0, 0.1) is 5.41 Å². The molecule has 1 aromatic heterocycles. The highest BCUT2D eigenvalue weighted by Gasteiger charge is 2.33. The molecule has 2 unspecified atom stereocenters. The lowest BCUT2D eigenvalue weighted by Crippen LogP contribution is -2.39. The molecule has 2 heterocycles. The van der Waals surface area contributed by atoms with Crippen LogP contribution in [0.25, 0.3) is 0 Å². The summed E-state index contributed by atoms with van der Waals surface area (Å²) in [6, 6.07) is 2.79. The van der Waals surface area contributed by atoms with Crippen molar-refractivity contribution in [3.63, 3.8) is 0 Å². The molecule has 1 N–H and O–H groups in total. The Bertz CT molecular complexity index is 477. The molecular formula is C17H28N2O. The molecule has 1 saturated heterocycles. The highest BCUT2D eigenvalue weighted by atomic mass is 16.3. The molecule has 0 bridgehead atoms. The number of aliphatic hydroxyl groups excluding tert-OH is 1. The van der Waals surface area contributed by atoms with Gasteiger partial charge in [-0.25, -0.2) is 0 Å². The Morgan fingerprint density at radius 1 is 1.35 bits per heavy atom. The number of nitrogens with zero attached hydrogens (tertiary/aromatic N) is 2. The predicted molar refractivity (Wildman–Crippen MR) is 81.8 cm³/mol. The quantitative estimate of drug-likeness (QED) is 0.899. The minimum Gasteiger partial charge on any atom is -0.388 e. The zero-order valence-corrected chi connectivity index (χ0v) is 13.1. The van der Waals surface area contributed by atoms with Crippen LogP contribution in [-0.2, 0) is 13.0 Å². The van der Waals surface area contributed by atoms with Crippen molar-refractivity contribution in [2.24, 2.45) is 5.41 Å². The number of rotatable bonds is 2. The number of aromatic nitrogens is 1. The molecule has 0 amide bonds. The summed E-state index contributed by atoms with van der Waals surface area (Å²) < 4.78 is 2.41. The van der Waals surface area contributed by atoms with Gasteiger partial charge in [-0.05, 0) is 50.8 Å². The van der Waals surface area contributed by atoms with Crippen molar-refractivity contribution >= 4 is 0 Å². The van der Waals surface area contributed by atoms with Gasteiger partial charge in [0, 0.05) is 30.0 Å². The van der Waals surface area contributed by atoms with Crippen molar-refractivity contribution in [2.75, 3.05) is 13.6 Å². The summed E-state index contributed by atoms with van der Waals surface area (Å²) in [4.78, 5) is 2.50. The lowest BCUT2D eigenvalue weighted by Gasteiger charge is -2.36. The highest BCUT2D eigenvalue weighted by molar-refractivity contribution is 5.29. The number of likely N-dealkylation sites (N-methyl/N-ethyl adjacent to an activating group) is 1. The first-order chi connectivity index (χ1) is 9.46. The topological polar surface area (TPSA) is 28.4 Å². The molecule has 112 valence electrons. The number of hydrogen-bond acceptors (Lipinski definition) is 2. The fourth-order valence-electron chi connectivity index (χ4n) is 3.96. The van der Waals surface area contributed by atoms with E-state index < -0.39 is 0 Å². The van der Waals surface area contributed by atoms with Gasteiger partial charge in [0.2, 0.25) is 0 Å². The summed E-state index contributed by atoms with van der Waals surface area (Å²) in [6.45, 7) is 6.84. The highest BCUT2D eigenvalue weighted by Crippen LogP contribution is 2.41. The summed E-state index contributed by atoms with van der Waals surface area (Å²) in [5, 5.41) is 10.3. The summed E-state index contributed by atoms with van der Waals surface area (Å²) in [6.07, 6.45) is 7.87. The van der Waals surface area contributed by atoms with Gasteiger partial charge in [-0.3, -0.25) is 0 Å². The summed E-state index contributed by atoms with van der Waals surface area (Å²) in [5.41, 5.74) is 2.75. The van der Waals surface area contributed by atoms with Crippen molar-refractivity contribution in [1.82, 2.24) is 9.47 Å². The second kappa shape index (κ2) is 5.19. The molecule has 0 spiro atoms. The van der Waals surface area contributed by atoms with E-state index in [4.69, 9.17) is 0 Å². The van der Waals surface area contributed by atoms with E-state index in [-0.39, 0.29) is 11.5 Å². The van der Waals surface area contributed by atoms with E-state index in [0.717, 1.165) is 19.4 Å². The third-order valence-electron chi connectivity index (χ3n) is 5.19. The molecule has 0 radical (unpaired) electrons. The van der Waals surface area contributed by atoms with Gasteiger partial charge in [0.05, 0.1) is 6.10 Å². The van der Waals surface area contributed by atoms with Crippen LogP contribution >= 0.6 is 0 Å². The van der Waals surface area contributed by atoms with E-state index in [9.17, 15) is 5.11 Å². The Hall–Kier alpha value is -0.800. The number of likely N-dealkylation sites (tertiary alicyclic amines) is 1. The van der Waals surface area contributed by atoms with Crippen LogP contribution in [0.2, 0.25) is 0 Å². The van der Waals surface area contributed by atoms with Crippen LogP contribution in [0.3, 0.4) is 0 Å². The van der Waals surface area contributed by atoms with E-state index in [0.29, 0.717) is 6.04 Å². The molecule has 1 aliphatic heterocycles. The van der Waals surface area contributed by atoms with Crippen LogP contribution < -0.4 is 0 Å². The standard InChI is InChI=1S/C17H28N2O/c1-17(2)10-15-14(16(20)11-17)7-9-19(15)12-13-6-4-5-8-18(13)3/h7,9,13,16,20H,4-6,8,10-12H2,1-3H3. The van der Waals surface area contributed by atoms with Crippen molar-refractivity contribution in [1.29, 1.82) is 0 Å². The Kier molecular flexibility index (Phi) is 3.67. The van der Waals surface area contributed by atoms with Crippen molar-refractivity contribution in [3.05, 3.63) is 23.5 Å². The summed E-state index contributed by atoms with van der Waals surface area (Å²) in [5.74, 6) is 0. The first-order valence-electron chi connectivity index (χ1n) is 8.02. The fraction of sp³-hybridized carbons (Fsp3) is 0.765. The van der Waals surface area contributed by atoms with Crippen LogP contribution in [0.5, 0.6) is 0 Å². The van der Waals surface area contributed by atoms with E-state index in [1.165, 1.54) is 37.1 Å². The summed E-state index contributed by atoms with van der Waals surface area (Å²) in [7, 11) is 2.25. The second-order valence-corrected chi connectivity index (χ2v) is 7.56.